The van der Waals surface area contributed by atoms with Crippen LogP contribution < -0.4 is 5.32 Å². The monoisotopic (exact) mass is 396 g/mol. The van der Waals surface area contributed by atoms with E-state index in [0.717, 1.165) is 10.7 Å². The summed E-state index contributed by atoms with van der Waals surface area (Å²) in [5.41, 5.74) is 1.28. The smallest absolute Gasteiger partial charge is 0.270 e. The zero-order chi connectivity index (χ0) is 17.0. The summed E-state index contributed by atoms with van der Waals surface area (Å²) in [4.78, 5) is 30.6. The predicted molar refractivity (Wildman–Crippen MR) is 91.7 cm³/mol. The maximum Gasteiger partial charge on any atom is 0.270 e. The quantitative estimate of drug-likeness (QED) is 0.359. The number of anilines is 1. The molecule has 2 rings (SSSR count). The van der Waals surface area contributed by atoms with Gasteiger partial charge in [0, 0.05) is 22.3 Å². The van der Waals surface area contributed by atoms with E-state index >= 15 is 0 Å². The molecule has 0 bridgehead atoms. The van der Waals surface area contributed by atoms with Gasteiger partial charge in [-0.1, -0.05) is 11.8 Å². The standard InChI is InChI=1S/C14H13BrN4O3S/c1-8-5-14(17-9(2)16-8)23-7-13(20)18-12-4-3-10(19(21)22)6-11(12)15/h3-6H,7H2,1-2H3,(H,18,20). The molecule has 23 heavy (non-hydrogen) atoms. The summed E-state index contributed by atoms with van der Waals surface area (Å²) in [6.45, 7) is 3.66. The molecule has 1 amide bonds. The fourth-order valence-electron chi connectivity index (χ4n) is 1.80. The van der Waals surface area contributed by atoms with Crippen LogP contribution in [0.2, 0.25) is 0 Å². The molecule has 0 aliphatic rings. The van der Waals surface area contributed by atoms with Crippen molar-refractivity contribution >= 4 is 45.0 Å². The van der Waals surface area contributed by atoms with Gasteiger partial charge in [0.25, 0.3) is 5.69 Å². The summed E-state index contributed by atoms with van der Waals surface area (Å²) in [5.74, 6) is 0.615. The first kappa shape index (κ1) is 17.4. The first-order chi connectivity index (χ1) is 10.8. The van der Waals surface area contributed by atoms with Crippen LogP contribution in [0.3, 0.4) is 0 Å². The maximum atomic E-state index is 12.0. The Kier molecular flexibility index (Phi) is 5.67. The maximum absolute atomic E-state index is 12.0. The molecule has 0 atom stereocenters. The highest BCUT2D eigenvalue weighted by molar-refractivity contribution is 9.10. The molecule has 0 aliphatic heterocycles. The number of non-ortho nitro benzene ring substituents is 1. The average molecular weight is 397 g/mol. The number of aryl methyl sites for hydroxylation is 2. The van der Waals surface area contributed by atoms with E-state index in [1.165, 1.54) is 30.0 Å². The number of carbonyl (C=O) groups is 1. The Balaban J connectivity index is 1.98. The molecule has 120 valence electrons. The Morgan fingerprint density at radius 2 is 2.09 bits per heavy atom. The highest BCUT2D eigenvalue weighted by atomic mass is 79.9. The number of hydrogen-bond donors (Lipinski definition) is 1. The van der Waals surface area contributed by atoms with Crippen LogP contribution >= 0.6 is 27.7 Å². The number of nitro groups is 1. The highest BCUT2D eigenvalue weighted by Gasteiger charge is 2.12. The molecule has 0 saturated heterocycles. The van der Waals surface area contributed by atoms with Crippen LogP contribution in [0.5, 0.6) is 0 Å². The lowest BCUT2D eigenvalue weighted by Gasteiger charge is -2.07. The van der Waals surface area contributed by atoms with Crippen molar-refractivity contribution in [2.24, 2.45) is 0 Å². The third-order valence-corrected chi connectivity index (χ3v) is 4.30. The van der Waals surface area contributed by atoms with Gasteiger partial charge in [0.15, 0.2) is 0 Å². The number of thioether (sulfide) groups is 1. The minimum Gasteiger partial charge on any atom is -0.324 e. The van der Waals surface area contributed by atoms with Gasteiger partial charge < -0.3 is 5.32 Å². The van der Waals surface area contributed by atoms with Crippen LogP contribution in [-0.2, 0) is 4.79 Å². The van der Waals surface area contributed by atoms with Crippen molar-refractivity contribution in [3.63, 3.8) is 0 Å². The number of nitrogens with zero attached hydrogens (tertiary/aromatic N) is 3. The van der Waals surface area contributed by atoms with E-state index in [1.807, 2.05) is 13.0 Å². The summed E-state index contributed by atoms with van der Waals surface area (Å²) in [7, 11) is 0. The lowest BCUT2D eigenvalue weighted by atomic mass is 10.3. The van der Waals surface area contributed by atoms with Crippen LogP contribution in [0.1, 0.15) is 11.5 Å². The molecule has 1 heterocycles. The molecule has 1 N–H and O–H groups in total. The highest BCUT2D eigenvalue weighted by Crippen LogP contribution is 2.27. The third-order valence-electron chi connectivity index (χ3n) is 2.73. The van der Waals surface area contributed by atoms with Gasteiger partial charge in [-0.05, 0) is 41.9 Å². The molecule has 7 nitrogen and oxygen atoms in total. The number of nitrogens with one attached hydrogen (secondary N) is 1. The Labute approximate surface area is 145 Å². The van der Waals surface area contributed by atoms with Gasteiger partial charge in [-0.3, -0.25) is 14.9 Å². The van der Waals surface area contributed by atoms with Gasteiger partial charge in [-0.25, -0.2) is 9.97 Å². The molecule has 9 heteroatoms. The first-order valence-electron chi connectivity index (χ1n) is 6.54. The summed E-state index contributed by atoms with van der Waals surface area (Å²) >= 11 is 4.52. The number of carbonyl (C=O) groups excluding carboxylic acids is 1. The normalized spacial score (nSPS) is 10.4. The van der Waals surface area contributed by atoms with Gasteiger partial charge in [-0.2, -0.15) is 0 Å². The third kappa shape index (κ3) is 5.00. The summed E-state index contributed by atoms with van der Waals surface area (Å²) in [6, 6.07) is 5.99. The van der Waals surface area contributed by atoms with Crippen molar-refractivity contribution in [2.75, 3.05) is 11.1 Å². The van der Waals surface area contributed by atoms with Crippen LogP contribution in [0.25, 0.3) is 0 Å². The fraction of sp³-hybridized carbons (Fsp3) is 0.214. The zero-order valence-corrected chi connectivity index (χ0v) is 14.8. The topological polar surface area (TPSA) is 98.0 Å². The minimum atomic E-state index is -0.494. The number of nitro benzene ring substituents is 1. The molecule has 0 saturated carbocycles. The van der Waals surface area contributed by atoms with Gasteiger partial charge >= 0.3 is 0 Å². The second-order valence-corrected chi connectivity index (χ2v) is 6.50. The van der Waals surface area contributed by atoms with Gasteiger partial charge in [0.2, 0.25) is 5.91 Å². The molecule has 1 aromatic carbocycles. The fourth-order valence-corrected chi connectivity index (χ4v) is 3.07. The predicted octanol–water partition coefficient (Wildman–Crippen LogP) is 3.49. The van der Waals surface area contributed by atoms with E-state index in [-0.39, 0.29) is 17.3 Å². The minimum absolute atomic E-state index is 0.0452. The van der Waals surface area contributed by atoms with E-state index in [2.05, 4.69) is 31.2 Å². The Morgan fingerprint density at radius 1 is 1.35 bits per heavy atom. The molecule has 0 spiro atoms. The van der Waals surface area contributed by atoms with E-state index in [0.29, 0.717) is 16.0 Å². The second kappa shape index (κ2) is 7.51. The average Bonchev–Trinajstić information content (AvgIpc) is 2.46. The van der Waals surface area contributed by atoms with E-state index in [4.69, 9.17) is 0 Å². The molecule has 2 aromatic rings. The molecular formula is C14H13BrN4O3S. The van der Waals surface area contributed by atoms with Crippen molar-refractivity contribution in [3.05, 3.63) is 50.4 Å². The van der Waals surface area contributed by atoms with Crippen LogP contribution in [0.4, 0.5) is 11.4 Å². The summed E-state index contributed by atoms with van der Waals surface area (Å²) in [5, 5.41) is 14.1. The van der Waals surface area contributed by atoms with Crippen LogP contribution in [-0.4, -0.2) is 26.6 Å². The number of aromatic nitrogens is 2. The van der Waals surface area contributed by atoms with E-state index < -0.39 is 4.92 Å². The van der Waals surface area contributed by atoms with Crippen molar-refractivity contribution < 1.29 is 9.72 Å². The van der Waals surface area contributed by atoms with Gasteiger partial charge in [-0.15, -0.1) is 0 Å². The summed E-state index contributed by atoms with van der Waals surface area (Å²) < 4.78 is 0.457. The van der Waals surface area contributed by atoms with Crippen LogP contribution in [0, 0.1) is 24.0 Å². The first-order valence-corrected chi connectivity index (χ1v) is 8.32. The van der Waals surface area contributed by atoms with Gasteiger partial charge in [0.1, 0.15) is 10.9 Å². The Bertz CT molecular complexity index is 749. The van der Waals surface area contributed by atoms with Gasteiger partial charge in [0.05, 0.1) is 16.4 Å². The van der Waals surface area contributed by atoms with Crippen molar-refractivity contribution in [1.82, 2.24) is 9.97 Å². The lowest BCUT2D eigenvalue weighted by molar-refractivity contribution is -0.384. The molecule has 0 aliphatic carbocycles. The number of halogens is 1. The number of hydrogen-bond acceptors (Lipinski definition) is 6. The molecule has 0 unspecified atom stereocenters. The van der Waals surface area contributed by atoms with Crippen molar-refractivity contribution in [1.29, 1.82) is 0 Å². The van der Waals surface area contributed by atoms with E-state index in [1.54, 1.807) is 6.92 Å². The molecule has 1 aromatic heterocycles. The van der Waals surface area contributed by atoms with Crippen LogP contribution in [0.15, 0.2) is 33.8 Å². The largest absolute Gasteiger partial charge is 0.324 e. The number of benzene rings is 1. The van der Waals surface area contributed by atoms with Crippen molar-refractivity contribution in [2.45, 2.75) is 18.9 Å². The van der Waals surface area contributed by atoms with E-state index in [9.17, 15) is 14.9 Å². The number of amides is 1. The molecule has 0 radical (unpaired) electrons. The molecule has 0 fully saturated rings. The molecular weight excluding hydrogens is 384 g/mol. The second-order valence-electron chi connectivity index (χ2n) is 4.65. The van der Waals surface area contributed by atoms with Crippen molar-refractivity contribution in [3.8, 4) is 0 Å². The SMILES string of the molecule is Cc1cc(SCC(=O)Nc2ccc([N+](=O)[O-])cc2Br)nc(C)n1. The zero-order valence-electron chi connectivity index (χ0n) is 12.4. The Hall–Kier alpha value is -2.00. The number of rotatable bonds is 5. The lowest BCUT2D eigenvalue weighted by Crippen LogP contribution is -2.14. The Morgan fingerprint density at radius 3 is 2.70 bits per heavy atom. The summed E-state index contributed by atoms with van der Waals surface area (Å²) in [6.07, 6.45) is 0.